The van der Waals surface area contributed by atoms with Gasteiger partial charge in [-0.3, -0.25) is 4.90 Å². The van der Waals surface area contributed by atoms with Gasteiger partial charge >= 0.3 is 0 Å². The molecule has 27 heavy (non-hydrogen) atoms. The van der Waals surface area contributed by atoms with Gasteiger partial charge in [-0.15, -0.1) is 0 Å². The van der Waals surface area contributed by atoms with E-state index < -0.39 is 0 Å². The largest absolute Gasteiger partial charge is 0.461 e. The van der Waals surface area contributed by atoms with Gasteiger partial charge in [0.25, 0.3) is 0 Å². The van der Waals surface area contributed by atoms with Crippen LogP contribution in [0.15, 0.2) is 51.6 Å². The Labute approximate surface area is 159 Å². The third kappa shape index (κ3) is 4.39. The van der Waals surface area contributed by atoms with Crippen molar-refractivity contribution >= 4 is 5.69 Å². The van der Waals surface area contributed by atoms with Crippen LogP contribution < -0.4 is 5.32 Å². The average molecular weight is 366 g/mol. The van der Waals surface area contributed by atoms with E-state index in [2.05, 4.69) is 51.7 Å². The summed E-state index contributed by atoms with van der Waals surface area (Å²) in [4.78, 5) is 6.87. The molecule has 0 bridgehead atoms. The maximum atomic E-state index is 5.33. The number of aromatic nitrogens is 2. The van der Waals surface area contributed by atoms with Crippen molar-refractivity contribution in [2.24, 2.45) is 0 Å². The van der Waals surface area contributed by atoms with Gasteiger partial charge in [0.15, 0.2) is 5.76 Å². The number of hydrogen-bond acceptors (Lipinski definition) is 6. The van der Waals surface area contributed by atoms with Crippen LogP contribution in [0.1, 0.15) is 43.6 Å². The number of nitrogens with zero attached hydrogens (tertiary/aromatic N) is 3. The van der Waals surface area contributed by atoms with Crippen molar-refractivity contribution in [2.75, 3.05) is 12.4 Å². The molecule has 0 aliphatic heterocycles. The molecular formula is C21H26N4O2. The molecule has 0 spiro atoms. The minimum Gasteiger partial charge on any atom is -0.461 e. The molecule has 0 saturated heterocycles. The van der Waals surface area contributed by atoms with Gasteiger partial charge in [0.1, 0.15) is 0 Å². The van der Waals surface area contributed by atoms with E-state index in [9.17, 15) is 0 Å². The zero-order valence-corrected chi connectivity index (χ0v) is 15.7. The molecule has 142 valence electrons. The fourth-order valence-corrected chi connectivity index (χ4v) is 3.75. The molecule has 1 aromatic carbocycles. The van der Waals surface area contributed by atoms with Gasteiger partial charge in [-0.2, -0.15) is 4.98 Å². The topological polar surface area (TPSA) is 67.3 Å². The van der Waals surface area contributed by atoms with Crippen LogP contribution in [0.5, 0.6) is 0 Å². The first-order chi connectivity index (χ1) is 13.3. The van der Waals surface area contributed by atoms with Crippen molar-refractivity contribution in [1.82, 2.24) is 15.0 Å². The second-order valence-corrected chi connectivity index (χ2v) is 7.21. The van der Waals surface area contributed by atoms with Crippen LogP contribution in [0, 0.1) is 0 Å². The Kier molecular flexibility index (Phi) is 5.53. The maximum absolute atomic E-state index is 5.33. The standard InChI is InChI=1S/C21H26N4O2/c1-25(17-9-3-2-4-10-17)15-16-8-5-6-11-18(16)22-14-20-23-21(24-27-20)19-12-7-13-26-19/h5-8,11-13,17,22H,2-4,9-10,14-15H2,1H3. The van der Waals surface area contributed by atoms with Crippen molar-refractivity contribution in [3.05, 3.63) is 54.1 Å². The van der Waals surface area contributed by atoms with E-state index in [0.717, 1.165) is 12.2 Å². The molecule has 1 fully saturated rings. The second-order valence-electron chi connectivity index (χ2n) is 7.21. The predicted octanol–water partition coefficient (Wildman–Crippen LogP) is 4.71. The zero-order chi connectivity index (χ0) is 18.5. The lowest BCUT2D eigenvalue weighted by atomic mass is 9.94. The Morgan fingerprint density at radius 1 is 1.11 bits per heavy atom. The fourth-order valence-electron chi connectivity index (χ4n) is 3.75. The van der Waals surface area contributed by atoms with Gasteiger partial charge < -0.3 is 14.3 Å². The number of nitrogens with one attached hydrogen (secondary N) is 1. The van der Waals surface area contributed by atoms with E-state index >= 15 is 0 Å². The molecule has 0 radical (unpaired) electrons. The molecule has 0 unspecified atom stereocenters. The van der Waals surface area contributed by atoms with Crippen molar-refractivity contribution in [1.29, 1.82) is 0 Å². The molecule has 2 heterocycles. The highest BCUT2D eigenvalue weighted by molar-refractivity contribution is 5.51. The molecule has 4 rings (SSSR count). The van der Waals surface area contributed by atoms with Gasteiger partial charge in [-0.25, -0.2) is 0 Å². The lowest BCUT2D eigenvalue weighted by Crippen LogP contribution is -2.33. The summed E-state index contributed by atoms with van der Waals surface area (Å²) < 4.78 is 10.6. The van der Waals surface area contributed by atoms with Crippen LogP contribution in [-0.2, 0) is 13.1 Å². The van der Waals surface area contributed by atoms with Crippen LogP contribution in [0.4, 0.5) is 5.69 Å². The first-order valence-electron chi connectivity index (χ1n) is 9.68. The molecule has 1 N–H and O–H groups in total. The summed E-state index contributed by atoms with van der Waals surface area (Å²) in [6, 6.07) is 12.8. The monoisotopic (exact) mass is 366 g/mol. The number of rotatable bonds is 7. The molecule has 6 heteroatoms. The Bertz CT molecular complexity index is 838. The van der Waals surface area contributed by atoms with Crippen LogP contribution >= 0.6 is 0 Å². The smallest absolute Gasteiger partial charge is 0.246 e. The van der Waals surface area contributed by atoms with E-state index in [-0.39, 0.29) is 0 Å². The van der Waals surface area contributed by atoms with Gasteiger partial charge in [0, 0.05) is 18.3 Å². The van der Waals surface area contributed by atoms with Crippen LogP contribution in [0.3, 0.4) is 0 Å². The van der Waals surface area contributed by atoms with Crippen LogP contribution in [-0.4, -0.2) is 28.1 Å². The van der Waals surface area contributed by atoms with Gasteiger partial charge in [-0.1, -0.05) is 42.6 Å². The number of benzene rings is 1. The van der Waals surface area contributed by atoms with Crippen molar-refractivity contribution in [2.45, 2.75) is 51.2 Å². The summed E-state index contributed by atoms with van der Waals surface area (Å²) in [5, 5.41) is 7.42. The minimum atomic E-state index is 0.474. The molecule has 0 amide bonds. The molecule has 3 aromatic rings. The summed E-state index contributed by atoms with van der Waals surface area (Å²) in [5.41, 5.74) is 2.40. The highest BCUT2D eigenvalue weighted by Gasteiger charge is 2.19. The SMILES string of the molecule is CN(Cc1ccccc1NCc1nc(-c2ccco2)no1)C1CCCCC1. The Morgan fingerprint density at radius 3 is 2.78 bits per heavy atom. The summed E-state index contributed by atoms with van der Waals surface area (Å²) >= 11 is 0. The molecule has 1 aliphatic carbocycles. The molecule has 0 atom stereocenters. The normalized spacial score (nSPS) is 15.3. The summed E-state index contributed by atoms with van der Waals surface area (Å²) in [6.45, 7) is 1.42. The lowest BCUT2D eigenvalue weighted by molar-refractivity contribution is 0.185. The molecule has 1 aliphatic rings. The Morgan fingerprint density at radius 2 is 1.96 bits per heavy atom. The summed E-state index contributed by atoms with van der Waals surface area (Å²) in [7, 11) is 2.24. The fraction of sp³-hybridized carbons (Fsp3) is 0.429. The second kappa shape index (κ2) is 8.39. The Balaban J connectivity index is 1.39. The lowest BCUT2D eigenvalue weighted by Gasteiger charge is -2.31. The molecule has 6 nitrogen and oxygen atoms in total. The highest BCUT2D eigenvalue weighted by Crippen LogP contribution is 2.25. The number of anilines is 1. The molecule has 2 aromatic heterocycles. The van der Waals surface area contributed by atoms with E-state index in [0.29, 0.717) is 30.1 Å². The summed E-state index contributed by atoms with van der Waals surface area (Å²) in [5.74, 6) is 1.62. The van der Waals surface area contributed by atoms with Crippen LogP contribution in [0.2, 0.25) is 0 Å². The first kappa shape index (κ1) is 17.8. The van der Waals surface area contributed by atoms with Crippen molar-refractivity contribution in [3.63, 3.8) is 0 Å². The third-order valence-electron chi connectivity index (χ3n) is 5.27. The highest BCUT2D eigenvalue weighted by atomic mass is 16.5. The number of para-hydroxylation sites is 1. The third-order valence-corrected chi connectivity index (χ3v) is 5.27. The van der Waals surface area contributed by atoms with Gasteiger partial charge in [0.05, 0.1) is 12.8 Å². The quantitative estimate of drug-likeness (QED) is 0.653. The summed E-state index contributed by atoms with van der Waals surface area (Å²) in [6.07, 6.45) is 8.30. The maximum Gasteiger partial charge on any atom is 0.246 e. The predicted molar refractivity (Wildman–Crippen MR) is 104 cm³/mol. The Hall–Kier alpha value is -2.60. The average Bonchev–Trinajstić information content (AvgIpc) is 3.40. The molecular weight excluding hydrogens is 340 g/mol. The number of furan rings is 1. The first-order valence-corrected chi connectivity index (χ1v) is 9.68. The van der Waals surface area contributed by atoms with E-state index in [1.54, 1.807) is 6.26 Å². The van der Waals surface area contributed by atoms with E-state index in [1.807, 2.05) is 12.1 Å². The van der Waals surface area contributed by atoms with Crippen LogP contribution in [0.25, 0.3) is 11.6 Å². The van der Waals surface area contributed by atoms with E-state index in [1.165, 1.54) is 37.7 Å². The van der Waals surface area contributed by atoms with Gasteiger partial charge in [-0.05, 0) is 43.7 Å². The molecule has 1 saturated carbocycles. The zero-order valence-electron chi connectivity index (χ0n) is 15.7. The van der Waals surface area contributed by atoms with Gasteiger partial charge in [0.2, 0.25) is 11.7 Å². The number of hydrogen-bond donors (Lipinski definition) is 1. The van der Waals surface area contributed by atoms with Crippen molar-refractivity contribution in [3.8, 4) is 11.6 Å². The minimum absolute atomic E-state index is 0.474. The van der Waals surface area contributed by atoms with E-state index in [4.69, 9.17) is 8.94 Å². The van der Waals surface area contributed by atoms with Crippen molar-refractivity contribution < 1.29 is 8.94 Å².